The van der Waals surface area contributed by atoms with Crippen LogP contribution < -0.4 is 5.32 Å². The molecular formula is C15H18BrN3O4. The van der Waals surface area contributed by atoms with Gasteiger partial charge in [0, 0.05) is 10.7 Å². The topological polar surface area (TPSA) is 104 Å². The Kier molecular flexibility index (Phi) is 5.06. The van der Waals surface area contributed by atoms with Gasteiger partial charge in [-0.25, -0.2) is 9.78 Å². The van der Waals surface area contributed by atoms with Crippen LogP contribution in [0.1, 0.15) is 35.6 Å². The smallest absolute Gasteiger partial charge is 0.328 e. The molecule has 0 saturated carbocycles. The molecule has 2 atom stereocenters. The highest BCUT2D eigenvalue weighted by Crippen LogP contribution is 2.21. The van der Waals surface area contributed by atoms with Crippen molar-refractivity contribution in [2.24, 2.45) is 0 Å². The molecule has 0 fully saturated rings. The van der Waals surface area contributed by atoms with Crippen LogP contribution in [-0.2, 0) is 11.2 Å². The number of aliphatic hydroxyl groups is 1. The Labute approximate surface area is 141 Å². The van der Waals surface area contributed by atoms with Crippen LogP contribution in [-0.4, -0.2) is 43.6 Å². The normalized spacial score (nSPS) is 13.8. The summed E-state index contributed by atoms with van der Waals surface area (Å²) in [5, 5.41) is 21.0. The molecule has 2 rings (SSSR count). The van der Waals surface area contributed by atoms with Crippen molar-refractivity contribution >= 4 is 33.5 Å². The van der Waals surface area contributed by atoms with Gasteiger partial charge >= 0.3 is 5.97 Å². The van der Waals surface area contributed by atoms with E-state index < -0.39 is 24.0 Å². The number of hydrogen-bond acceptors (Lipinski definition) is 4. The lowest BCUT2D eigenvalue weighted by Crippen LogP contribution is -2.48. The summed E-state index contributed by atoms with van der Waals surface area (Å²) in [7, 11) is 0. The number of pyridine rings is 1. The summed E-state index contributed by atoms with van der Waals surface area (Å²) in [5.41, 5.74) is 2.37. The number of carboxylic acids is 1. The Morgan fingerprint density at radius 2 is 2.13 bits per heavy atom. The number of carbonyl (C=O) groups is 2. The summed E-state index contributed by atoms with van der Waals surface area (Å²) in [4.78, 5) is 28.2. The zero-order chi connectivity index (χ0) is 17.3. The van der Waals surface area contributed by atoms with E-state index in [1.807, 2.05) is 19.9 Å². The average molecular weight is 384 g/mol. The number of aliphatic carboxylic acids is 1. The monoisotopic (exact) mass is 383 g/mol. The van der Waals surface area contributed by atoms with Gasteiger partial charge in [0.1, 0.15) is 11.3 Å². The van der Waals surface area contributed by atoms with Crippen molar-refractivity contribution in [3.05, 3.63) is 33.7 Å². The fourth-order valence-corrected chi connectivity index (χ4v) is 2.95. The summed E-state index contributed by atoms with van der Waals surface area (Å²) in [6, 6.07) is 0.505. The molecule has 0 aliphatic carbocycles. The van der Waals surface area contributed by atoms with E-state index in [4.69, 9.17) is 5.11 Å². The molecule has 0 radical (unpaired) electrons. The van der Waals surface area contributed by atoms with Crippen LogP contribution in [0.15, 0.2) is 16.7 Å². The minimum Gasteiger partial charge on any atom is -0.480 e. The van der Waals surface area contributed by atoms with Crippen molar-refractivity contribution < 1.29 is 19.8 Å². The van der Waals surface area contributed by atoms with E-state index in [0.717, 1.165) is 10.0 Å². The minimum absolute atomic E-state index is 0.277. The molecule has 2 heterocycles. The minimum atomic E-state index is -1.38. The second kappa shape index (κ2) is 6.67. The van der Waals surface area contributed by atoms with Gasteiger partial charge < -0.3 is 15.5 Å². The maximum Gasteiger partial charge on any atom is 0.328 e. The molecule has 0 bridgehead atoms. The number of halogens is 1. The Hall–Kier alpha value is -1.93. The van der Waals surface area contributed by atoms with Crippen LogP contribution in [0.5, 0.6) is 0 Å². The first-order valence-corrected chi connectivity index (χ1v) is 7.94. The largest absolute Gasteiger partial charge is 0.480 e. The summed E-state index contributed by atoms with van der Waals surface area (Å²) in [6.45, 7) is 5.06. The molecule has 0 aliphatic rings. The van der Waals surface area contributed by atoms with Crippen molar-refractivity contribution in [1.29, 1.82) is 0 Å². The lowest BCUT2D eigenvalue weighted by atomic mass is 10.1. The van der Waals surface area contributed by atoms with Crippen molar-refractivity contribution in [3.63, 3.8) is 0 Å². The standard InChI is InChI=1S/C15H18BrN3O4/c1-4-10-12(14(21)18-11(8(3)20)15(22)23)19-6-9(16)5-7(2)13(19)17-10/h5-6,8,11,20H,4H2,1-3H3,(H,18,21)(H,22,23). The van der Waals surface area contributed by atoms with Crippen LogP contribution in [0.25, 0.3) is 5.65 Å². The van der Waals surface area contributed by atoms with Crippen molar-refractivity contribution in [2.45, 2.75) is 39.3 Å². The Bertz CT molecular complexity index is 770. The first-order chi connectivity index (χ1) is 10.8. The molecule has 0 aromatic carbocycles. The summed E-state index contributed by atoms with van der Waals surface area (Å²) in [6.07, 6.45) is 1.02. The third-order valence-corrected chi connectivity index (χ3v) is 3.96. The zero-order valence-corrected chi connectivity index (χ0v) is 14.6. The molecule has 2 unspecified atom stereocenters. The number of nitrogens with one attached hydrogen (secondary N) is 1. The zero-order valence-electron chi connectivity index (χ0n) is 13.0. The highest BCUT2D eigenvalue weighted by molar-refractivity contribution is 9.10. The first-order valence-electron chi connectivity index (χ1n) is 7.15. The van der Waals surface area contributed by atoms with Crippen LogP contribution in [0.2, 0.25) is 0 Å². The van der Waals surface area contributed by atoms with Gasteiger partial charge in [-0.1, -0.05) is 6.92 Å². The summed E-state index contributed by atoms with van der Waals surface area (Å²) in [5.74, 6) is -1.88. The molecule has 124 valence electrons. The number of amides is 1. The third kappa shape index (κ3) is 3.37. The van der Waals surface area contributed by atoms with Crippen LogP contribution in [0.3, 0.4) is 0 Å². The van der Waals surface area contributed by atoms with Gasteiger partial charge in [-0.2, -0.15) is 0 Å². The highest BCUT2D eigenvalue weighted by Gasteiger charge is 2.28. The number of carbonyl (C=O) groups excluding carboxylic acids is 1. The highest BCUT2D eigenvalue weighted by atomic mass is 79.9. The summed E-state index contributed by atoms with van der Waals surface area (Å²) < 4.78 is 2.41. The number of aliphatic hydroxyl groups excluding tert-OH is 1. The molecule has 23 heavy (non-hydrogen) atoms. The van der Waals surface area contributed by atoms with Gasteiger partial charge in [0.25, 0.3) is 5.91 Å². The molecule has 0 aliphatic heterocycles. The van der Waals surface area contributed by atoms with Crippen LogP contribution >= 0.6 is 15.9 Å². The quantitative estimate of drug-likeness (QED) is 0.726. The van der Waals surface area contributed by atoms with E-state index in [2.05, 4.69) is 26.2 Å². The molecule has 2 aromatic rings. The lowest BCUT2D eigenvalue weighted by Gasteiger charge is -2.17. The summed E-state index contributed by atoms with van der Waals surface area (Å²) >= 11 is 3.38. The second-order valence-corrected chi connectivity index (χ2v) is 6.24. The van der Waals surface area contributed by atoms with Gasteiger partial charge in [-0.15, -0.1) is 0 Å². The molecule has 1 amide bonds. The van der Waals surface area contributed by atoms with Crippen molar-refractivity contribution in [3.8, 4) is 0 Å². The molecule has 8 heteroatoms. The number of hydrogen-bond donors (Lipinski definition) is 3. The Morgan fingerprint density at radius 3 is 2.65 bits per heavy atom. The van der Waals surface area contributed by atoms with E-state index in [9.17, 15) is 14.7 Å². The fourth-order valence-electron chi connectivity index (χ4n) is 2.40. The van der Waals surface area contributed by atoms with Gasteiger partial charge in [0.2, 0.25) is 0 Å². The molecule has 2 aromatic heterocycles. The van der Waals surface area contributed by atoms with Crippen LogP contribution in [0, 0.1) is 6.92 Å². The van der Waals surface area contributed by atoms with E-state index in [1.54, 1.807) is 10.6 Å². The Morgan fingerprint density at radius 1 is 1.48 bits per heavy atom. The molecule has 3 N–H and O–H groups in total. The van der Waals surface area contributed by atoms with Gasteiger partial charge in [0.05, 0.1) is 11.8 Å². The van der Waals surface area contributed by atoms with E-state index in [0.29, 0.717) is 17.8 Å². The van der Waals surface area contributed by atoms with Gasteiger partial charge in [-0.05, 0) is 47.8 Å². The van der Waals surface area contributed by atoms with Gasteiger partial charge in [0.15, 0.2) is 6.04 Å². The second-order valence-electron chi connectivity index (χ2n) is 5.33. The predicted octanol–water partition coefficient (Wildman–Crippen LogP) is 1.53. The van der Waals surface area contributed by atoms with Gasteiger partial charge in [-0.3, -0.25) is 9.20 Å². The fraction of sp³-hybridized carbons (Fsp3) is 0.400. The van der Waals surface area contributed by atoms with Crippen molar-refractivity contribution in [1.82, 2.24) is 14.7 Å². The number of imidazole rings is 1. The number of aromatic nitrogens is 2. The van der Waals surface area contributed by atoms with Crippen molar-refractivity contribution in [2.75, 3.05) is 0 Å². The van der Waals surface area contributed by atoms with E-state index in [1.165, 1.54) is 6.92 Å². The van der Waals surface area contributed by atoms with Crippen LogP contribution in [0.4, 0.5) is 0 Å². The lowest BCUT2D eigenvalue weighted by molar-refractivity contribution is -0.141. The molecule has 7 nitrogen and oxygen atoms in total. The third-order valence-electron chi connectivity index (χ3n) is 3.53. The molecule has 0 saturated heterocycles. The number of fused-ring (bicyclic) bond motifs is 1. The maximum atomic E-state index is 12.6. The molecule has 0 spiro atoms. The Balaban J connectivity index is 2.53. The molecular weight excluding hydrogens is 366 g/mol. The number of nitrogens with zero attached hydrogens (tertiary/aromatic N) is 2. The average Bonchev–Trinajstić information content (AvgIpc) is 2.82. The number of aryl methyl sites for hydroxylation is 2. The SMILES string of the molecule is CCc1nc2c(C)cc(Br)cn2c1C(=O)NC(C(=O)O)C(C)O. The maximum absolute atomic E-state index is 12.6. The number of carboxylic acid groups (broad SMARTS) is 1. The number of rotatable bonds is 5. The predicted molar refractivity (Wildman–Crippen MR) is 87.6 cm³/mol. The first kappa shape index (κ1) is 17.4. The van der Waals surface area contributed by atoms with E-state index >= 15 is 0 Å². The van der Waals surface area contributed by atoms with E-state index in [-0.39, 0.29) is 5.69 Å².